The van der Waals surface area contributed by atoms with Gasteiger partial charge in [0.15, 0.2) is 0 Å². The molecule has 1 unspecified atom stereocenters. The molecule has 0 bridgehead atoms. The summed E-state index contributed by atoms with van der Waals surface area (Å²) in [5.74, 6) is 0. The van der Waals surface area contributed by atoms with Crippen LogP contribution in [-0.4, -0.2) is 0 Å². The van der Waals surface area contributed by atoms with Gasteiger partial charge in [-0.2, -0.15) is 12.6 Å². The Labute approximate surface area is 132 Å². The number of hydrogen-bond donors (Lipinski definition) is 1. The first-order valence-corrected chi connectivity index (χ1v) is 8.58. The fourth-order valence-electron chi connectivity index (χ4n) is 2.57. The SMILES string of the molecule is CCc1ccc(-c2c(C)cc(C(C)(S)CC)cc2C)s1. The van der Waals surface area contributed by atoms with Gasteiger partial charge < -0.3 is 0 Å². The molecule has 0 saturated heterocycles. The summed E-state index contributed by atoms with van der Waals surface area (Å²) in [6.07, 6.45) is 2.15. The van der Waals surface area contributed by atoms with E-state index >= 15 is 0 Å². The number of hydrogen-bond acceptors (Lipinski definition) is 2. The molecule has 0 spiro atoms. The first-order valence-electron chi connectivity index (χ1n) is 7.32. The Bertz CT molecular complexity index is 583. The molecule has 20 heavy (non-hydrogen) atoms. The molecule has 0 aliphatic carbocycles. The molecule has 0 amide bonds. The molecule has 2 rings (SSSR count). The predicted octanol–water partition coefficient (Wildman–Crippen LogP) is 6.15. The molecule has 1 aromatic heterocycles. The van der Waals surface area contributed by atoms with Crippen LogP contribution in [0.2, 0.25) is 0 Å². The quantitative estimate of drug-likeness (QED) is 0.643. The van der Waals surface area contributed by atoms with Crippen molar-refractivity contribution in [2.45, 2.75) is 52.2 Å². The summed E-state index contributed by atoms with van der Waals surface area (Å²) in [6, 6.07) is 9.13. The Morgan fingerprint density at radius 2 is 1.70 bits per heavy atom. The highest BCUT2D eigenvalue weighted by atomic mass is 32.1. The van der Waals surface area contributed by atoms with E-state index in [1.54, 1.807) is 0 Å². The first kappa shape index (κ1) is 15.7. The molecule has 2 aromatic rings. The largest absolute Gasteiger partial charge is 0.168 e. The molecule has 0 saturated carbocycles. The average molecular weight is 305 g/mol. The van der Waals surface area contributed by atoms with E-state index in [9.17, 15) is 0 Å². The minimum atomic E-state index is -0.0436. The highest BCUT2D eigenvalue weighted by molar-refractivity contribution is 7.81. The third-order valence-corrected chi connectivity index (χ3v) is 5.92. The second-order valence-electron chi connectivity index (χ2n) is 5.73. The molecule has 0 aliphatic rings. The van der Waals surface area contributed by atoms with Crippen LogP contribution >= 0.6 is 24.0 Å². The van der Waals surface area contributed by atoms with Crippen molar-refractivity contribution < 1.29 is 0 Å². The van der Waals surface area contributed by atoms with Gasteiger partial charge >= 0.3 is 0 Å². The van der Waals surface area contributed by atoms with Crippen molar-refractivity contribution in [3.05, 3.63) is 45.8 Å². The Kier molecular flexibility index (Phi) is 4.66. The van der Waals surface area contributed by atoms with E-state index in [2.05, 4.69) is 58.9 Å². The van der Waals surface area contributed by atoms with Crippen molar-refractivity contribution >= 4 is 24.0 Å². The fourth-order valence-corrected chi connectivity index (χ4v) is 3.82. The molecule has 2 heteroatoms. The number of benzene rings is 1. The topological polar surface area (TPSA) is 0 Å². The van der Waals surface area contributed by atoms with Gasteiger partial charge in [-0.25, -0.2) is 0 Å². The smallest absolute Gasteiger partial charge is 0.0350 e. The molecule has 1 atom stereocenters. The van der Waals surface area contributed by atoms with Gasteiger partial charge in [-0.3, -0.25) is 0 Å². The fraction of sp³-hybridized carbons (Fsp3) is 0.444. The van der Waals surface area contributed by atoms with Crippen LogP contribution in [0.3, 0.4) is 0 Å². The second-order valence-corrected chi connectivity index (χ2v) is 7.89. The minimum Gasteiger partial charge on any atom is -0.168 e. The van der Waals surface area contributed by atoms with Crippen LogP contribution in [0.4, 0.5) is 0 Å². The maximum Gasteiger partial charge on any atom is 0.0350 e. The Morgan fingerprint density at radius 3 is 2.15 bits per heavy atom. The van der Waals surface area contributed by atoms with Crippen molar-refractivity contribution in [3.63, 3.8) is 0 Å². The highest BCUT2D eigenvalue weighted by Crippen LogP contribution is 2.38. The van der Waals surface area contributed by atoms with Crippen molar-refractivity contribution in [3.8, 4) is 10.4 Å². The van der Waals surface area contributed by atoms with Gasteiger partial charge in [0.25, 0.3) is 0 Å². The second kappa shape index (κ2) is 5.95. The average Bonchev–Trinajstić information content (AvgIpc) is 2.86. The van der Waals surface area contributed by atoms with Gasteiger partial charge in [0.1, 0.15) is 0 Å². The lowest BCUT2D eigenvalue weighted by Crippen LogP contribution is -2.13. The van der Waals surface area contributed by atoms with Gasteiger partial charge in [-0.05, 0) is 68.0 Å². The van der Waals surface area contributed by atoms with Gasteiger partial charge in [-0.15, -0.1) is 11.3 Å². The summed E-state index contributed by atoms with van der Waals surface area (Å²) in [6.45, 7) is 11.0. The molecule has 1 aromatic carbocycles. The van der Waals surface area contributed by atoms with Crippen LogP contribution in [0.25, 0.3) is 10.4 Å². The van der Waals surface area contributed by atoms with Crippen LogP contribution in [0.5, 0.6) is 0 Å². The van der Waals surface area contributed by atoms with Gasteiger partial charge in [0.05, 0.1) is 0 Å². The van der Waals surface area contributed by atoms with E-state index in [1.165, 1.54) is 32.0 Å². The van der Waals surface area contributed by atoms with Crippen LogP contribution in [-0.2, 0) is 11.2 Å². The first-order chi connectivity index (χ1) is 9.39. The van der Waals surface area contributed by atoms with E-state index in [1.807, 2.05) is 11.3 Å². The third-order valence-electron chi connectivity index (χ3n) is 4.10. The van der Waals surface area contributed by atoms with E-state index in [4.69, 9.17) is 12.6 Å². The van der Waals surface area contributed by atoms with E-state index in [-0.39, 0.29) is 4.75 Å². The van der Waals surface area contributed by atoms with Crippen molar-refractivity contribution in [1.82, 2.24) is 0 Å². The molecule has 0 N–H and O–H groups in total. The summed E-state index contributed by atoms with van der Waals surface area (Å²) in [4.78, 5) is 2.84. The van der Waals surface area contributed by atoms with Gasteiger partial charge in [0.2, 0.25) is 0 Å². The summed E-state index contributed by atoms with van der Waals surface area (Å²) < 4.78 is -0.0436. The minimum absolute atomic E-state index is 0.0436. The van der Waals surface area contributed by atoms with Gasteiger partial charge in [-0.1, -0.05) is 26.0 Å². The molecule has 0 fully saturated rings. The Balaban J connectivity index is 2.51. The molecule has 0 radical (unpaired) electrons. The zero-order valence-electron chi connectivity index (χ0n) is 13.1. The number of thiol groups is 1. The van der Waals surface area contributed by atoms with E-state index in [0.29, 0.717) is 0 Å². The third kappa shape index (κ3) is 2.96. The normalized spacial score (nSPS) is 14.3. The van der Waals surface area contributed by atoms with Crippen molar-refractivity contribution in [2.24, 2.45) is 0 Å². The van der Waals surface area contributed by atoms with E-state index < -0.39 is 0 Å². The molecule has 108 valence electrons. The maximum atomic E-state index is 4.81. The van der Waals surface area contributed by atoms with Crippen LogP contribution in [0.15, 0.2) is 24.3 Å². The highest BCUT2D eigenvalue weighted by Gasteiger charge is 2.21. The molecule has 0 nitrogen and oxygen atoms in total. The van der Waals surface area contributed by atoms with E-state index in [0.717, 1.165) is 12.8 Å². The Morgan fingerprint density at radius 1 is 1.10 bits per heavy atom. The monoisotopic (exact) mass is 304 g/mol. The van der Waals surface area contributed by atoms with Crippen LogP contribution in [0.1, 0.15) is 48.8 Å². The van der Waals surface area contributed by atoms with Crippen molar-refractivity contribution in [1.29, 1.82) is 0 Å². The molecular weight excluding hydrogens is 280 g/mol. The maximum absolute atomic E-state index is 4.81. The predicted molar refractivity (Wildman–Crippen MR) is 95.2 cm³/mol. The number of thiophene rings is 1. The molecule has 1 heterocycles. The number of rotatable bonds is 4. The lowest BCUT2D eigenvalue weighted by molar-refractivity contribution is 0.670. The zero-order valence-corrected chi connectivity index (χ0v) is 14.8. The lowest BCUT2D eigenvalue weighted by Gasteiger charge is -2.24. The van der Waals surface area contributed by atoms with Crippen molar-refractivity contribution in [2.75, 3.05) is 0 Å². The zero-order chi connectivity index (χ0) is 14.9. The van der Waals surface area contributed by atoms with Crippen LogP contribution < -0.4 is 0 Å². The van der Waals surface area contributed by atoms with Crippen LogP contribution in [0, 0.1) is 13.8 Å². The summed E-state index contributed by atoms with van der Waals surface area (Å²) in [7, 11) is 0. The Hall–Kier alpha value is -0.730. The number of aryl methyl sites for hydroxylation is 3. The standard InChI is InChI=1S/C18H24S2/c1-6-15-8-9-16(20-15)17-12(3)10-14(11-13(17)4)18(5,19)7-2/h8-11,19H,6-7H2,1-5H3. The molecular formula is C18H24S2. The molecule has 0 aliphatic heterocycles. The summed E-state index contributed by atoms with van der Waals surface area (Å²) >= 11 is 6.73. The lowest BCUT2D eigenvalue weighted by atomic mass is 9.90. The van der Waals surface area contributed by atoms with Gasteiger partial charge in [0, 0.05) is 14.5 Å². The summed E-state index contributed by atoms with van der Waals surface area (Å²) in [5.41, 5.74) is 5.45. The summed E-state index contributed by atoms with van der Waals surface area (Å²) in [5, 5.41) is 0.